The highest BCUT2D eigenvalue weighted by Crippen LogP contribution is 2.38. The highest BCUT2D eigenvalue weighted by atomic mass is 16.6. The summed E-state index contributed by atoms with van der Waals surface area (Å²) in [5, 5.41) is 10.8. The Morgan fingerprint density at radius 2 is 1.93 bits per heavy atom. The molecule has 6 nitrogen and oxygen atoms in total. The van der Waals surface area contributed by atoms with Crippen LogP contribution >= 0.6 is 0 Å². The summed E-state index contributed by atoms with van der Waals surface area (Å²) in [6, 6.07) is 7.21. The highest BCUT2D eigenvalue weighted by Gasteiger charge is 2.34. The van der Waals surface area contributed by atoms with Crippen LogP contribution in [0.2, 0.25) is 0 Å². The van der Waals surface area contributed by atoms with Gasteiger partial charge in [0, 0.05) is 23.5 Å². The quantitative estimate of drug-likeness (QED) is 0.767. The van der Waals surface area contributed by atoms with E-state index in [4.69, 9.17) is 4.74 Å². The summed E-state index contributed by atoms with van der Waals surface area (Å²) in [6.07, 6.45) is 3.20. The third-order valence-corrected chi connectivity index (χ3v) is 5.09. The van der Waals surface area contributed by atoms with E-state index in [1.54, 1.807) is 32.9 Å². The molecule has 1 aromatic heterocycles. The van der Waals surface area contributed by atoms with Crippen LogP contribution in [-0.4, -0.2) is 45.8 Å². The van der Waals surface area contributed by atoms with Crippen molar-refractivity contribution in [2.24, 2.45) is 0 Å². The maximum Gasteiger partial charge on any atom is 0.419 e. The lowest BCUT2D eigenvalue weighted by molar-refractivity contribution is 0.0510. The monoisotopic (exact) mass is 384 g/mol. The van der Waals surface area contributed by atoms with Crippen LogP contribution in [0.1, 0.15) is 62.6 Å². The Bertz CT molecular complexity index is 949. The predicted octanol–water partition coefficient (Wildman–Crippen LogP) is 4.84. The van der Waals surface area contributed by atoms with Crippen molar-refractivity contribution in [1.29, 1.82) is 0 Å². The fourth-order valence-electron chi connectivity index (χ4n) is 3.86. The minimum atomic E-state index is -1.13. The number of fused-ring (bicyclic) bond motifs is 1. The van der Waals surface area contributed by atoms with Crippen LogP contribution in [0, 0.1) is 0 Å². The van der Waals surface area contributed by atoms with Crippen molar-refractivity contribution in [3.63, 3.8) is 0 Å². The number of para-hydroxylation sites is 1. The molecule has 150 valence electrons. The molecule has 2 heterocycles. The van der Waals surface area contributed by atoms with E-state index in [0.717, 1.165) is 18.4 Å². The van der Waals surface area contributed by atoms with E-state index in [1.165, 1.54) is 10.1 Å². The number of rotatable bonds is 3. The molecule has 0 fully saturated rings. The van der Waals surface area contributed by atoms with Crippen LogP contribution in [0.5, 0.6) is 0 Å². The van der Waals surface area contributed by atoms with E-state index in [-0.39, 0.29) is 11.7 Å². The van der Waals surface area contributed by atoms with Gasteiger partial charge in [-0.05, 0) is 46.7 Å². The van der Waals surface area contributed by atoms with Crippen LogP contribution in [0.15, 0.2) is 35.9 Å². The number of carboxylic acids is 1. The summed E-state index contributed by atoms with van der Waals surface area (Å²) < 4.78 is 6.73. The number of nitrogens with zero attached hydrogens (tertiary/aromatic N) is 2. The molecule has 0 radical (unpaired) electrons. The largest absolute Gasteiger partial charge is 0.477 e. The number of carbonyl (C=O) groups excluding carboxylic acids is 1. The van der Waals surface area contributed by atoms with Gasteiger partial charge in [0.2, 0.25) is 0 Å². The van der Waals surface area contributed by atoms with Gasteiger partial charge in [-0.1, -0.05) is 36.8 Å². The van der Waals surface area contributed by atoms with Gasteiger partial charge in [-0.15, -0.1) is 0 Å². The Kier molecular flexibility index (Phi) is 5.35. The van der Waals surface area contributed by atoms with Crippen molar-refractivity contribution in [3.8, 4) is 0 Å². The molecule has 0 spiro atoms. The molecule has 1 aromatic carbocycles. The fraction of sp³-hybridized carbons (Fsp3) is 0.455. The molecule has 1 aliphatic rings. The van der Waals surface area contributed by atoms with Crippen LogP contribution in [0.4, 0.5) is 4.79 Å². The number of carboxylic acid groups (broad SMARTS) is 1. The molecule has 1 N–H and O–H groups in total. The Labute approximate surface area is 165 Å². The first-order valence-electron chi connectivity index (χ1n) is 9.62. The number of hydrogen-bond donors (Lipinski definition) is 1. The van der Waals surface area contributed by atoms with Gasteiger partial charge in [-0.2, -0.15) is 0 Å². The molecule has 6 heteroatoms. The zero-order chi connectivity index (χ0) is 20.6. The minimum Gasteiger partial charge on any atom is -0.477 e. The van der Waals surface area contributed by atoms with Crippen molar-refractivity contribution >= 4 is 23.0 Å². The van der Waals surface area contributed by atoms with Gasteiger partial charge in [0.15, 0.2) is 0 Å². The van der Waals surface area contributed by atoms with Crippen LogP contribution in [0.3, 0.4) is 0 Å². The lowest BCUT2D eigenvalue weighted by atomic mass is 9.93. The zero-order valence-corrected chi connectivity index (χ0v) is 17.2. The lowest BCUT2D eigenvalue weighted by Crippen LogP contribution is -2.32. The van der Waals surface area contributed by atoms with Crippen molar-refractivity contribution in [1.82, 2.24) is 9.47 Å². The Morgan fingerprint density at radius 3 is 2.50 bits per heavy atom. The first kappa shape index (κ1) is 20.1. The van der Waals surface area contributed by atoms with Crippen molar-refractivity contribution in [2.75, 3.05) is 13.6 Å². The number of aromatic nitrogens is 1. The fourth-order valence-corrected chi connectivity index (χ4v) is 3.86. The van der Waals surface area contributed by atoms with Gasteiger partial charge >= 0.3 is 12.1 Å². The average Bonchev–Trinajstić information content (AvgIpc) is 2.95. The lowest BCUT2D eigenvalue weighted by Gasteiger charge is -2.32. The van der Waals surface area contributed by atoms with Gasteiger partial charge in [0.25, 0.3) is 0 Å². The smallest absolute Gasteiger partial charge is 0.419 e. The molecule has 3 rings (SSSR count). The predicted molar refractivity (Wildman–Crippen MR) is 109 cm³/mol. The maximum atomic E-state index is 12.9. The summed E-state index contributed by atoms with van der Waals surface area (Å²) in [4.78, 5) is 27.4. The third-order valence-electron chi connectivity index (χ3n) is 5.09. The number of ether oxygens (including phenoxy) is 1. The molecule has 1 atom stereocenters. The summed E-state index contributed by atoms with van der Waals surface area (Å²) in [5.74, 6) is -1.13. The molecule has 2 aromatic rings. The van der Waals surface area contributed by atoms with E-state index < -0.39 is 17.7 Å². The second-order valence-electron chi connectivity index (χ2n) is 8.28. The van der Waals surface area contributed by atoms with Crippen LogP contribution in [-0.2, 0) is 4.74 Å². The topological polar surface area (TPSA) is 71.8 Å². The number of benzene rings is 1. The average molecular weight is 384 g/mol. The molecule has 0 saturated carbocycles. The normalized spacial score (nSPS) is 18.2. The molecular formula is C22H28N2O4. The Hall–Kier alpha value is -2.60. The first-order chi connectivity index (χ1) is 13.1. The van der Waals surface area contributed by atoms with E-state index in [9.17, 15) is 14.7 Å². The van der Waals surface area contributed by atoms with E-state index in [0.29, 0.717) is 17.5 Å². The number of carbonyl (C=O) groups is 2. The van der Waals surface area contributed by atoms with Gasteiger partial charge in [0.1, 0.15) is 11.3 Å². The van der Waals surface area contributed by atoms with E-state index in [2.05, 4.69) is 17.9 Å². The zero-order valence-electron chi connectivity index (χ0n) is 17.2. The van der Waals surface area contributed by atoms with Gasteiger partial charge < -0.3 is 9.84 Å². The Balaban J connectivity index is 2.24. The summed E-state index contributed by atoms with van der Waals surface area (Å²) in [7, 11) is 2.00. The minimum absolute atomic E-state index is 0.0133. The molecule has 0 aliphatic carbocycles. The molecule has 1 aliphatic heterocycles. The SMILES string of the molecule is CCC1=CCC(c2c(C(=O)O)n(C(=O)OC(C)(C)C)c3ccccc23)N(C)C1. The molecule has 0 saturated heterocycles. The van der Waals surface area contributed by atoms with Crippen molar-refractivity contribution in [2.45, 2.75) is 52.2 Å². The highest BCUT2D eigenvalue weighted by molar-refractivity contribution is 6.04. The maximum absolute atomic E-state index is 12.9. The van der Waals surface area contributed by atoms with Crippen LogP contribution < -0.4 is 0 Å². The number of likely N-dealkylation sites (N-methyl/N-ethyl adjacent to an activating group) is 1. The molecular weight excluding hydrogens is 356 g/mol. The summed E-state index contributed by atoms with van der Waals surface area (Å²) in [6.45, 7) is 8.21. The molecule has 0 bridgehead atoms. The molecule has 1 unspecified atom stereocenters. The number of aromatic carboxylic acids is 1. The summed E-state index contributed by atoms with van der Waals surface area (Å²) in [5.41, 5.74) is 1.83. The van der Waals surface area contributed by atoms with Gasteiger partial charge in [-0.25, -0.2) is 14.2 Å². The van der Waals surface area contributed by atoms with Crippen molar-refractivity contribution < 1.29 is 19.4 Å². The third kappa shape index (κ3) is 3.69. The van der Waals surface area contributed by atoms with Gasteiger partial charge in [-0.3, -0.25) is 4.90 Å². The Morgan fingerprint density at radius 1 is 1.25 bits per heavy atom. The molecule has 28 heavy (non-hydrogen) atoms. The first-order valence-corrected chi connectivity index (χ1v) is 9.62. The van der Waals surface area contributed by atoms with E-state index >= 15 is 0 Å². The second kappa shape index (κ2) is 7.43. The molecule has 0 amide bonds. The van der Waals surface area contributed by atoms with Crippen molar-refractivity contribution in [3.05, 3.63) is 47.2 Å². The van der Waals surface area contributed by atoms with Crippen LogP contribution in [0.25, 0.3) is 10.9 Å². The second-order valence-corrected chi connectivity index (χ2v) is 8.28. The standard InChI is InChI=1S/C22H28N2O4/c1-6-14-11-12-17(23(5)13-14)18-15-9-7-8-10-16(15)24(19(18)20(25)26)21(27)28-22(2,3)4/h7-11,17H,6,12-13H2,1-5H3,(H,25,26). The summed E-state index contributed by atoms with van der Waals surface area (Å²) >= 11 is 0. The van der Waals surface area contributed by atoms with E-state index in [1.807, 2.05) is 19.2 Å². The number of hydrogen-bond acceptors (Lipinski definition) is 4. The van der Waals surface area contributed by atoms with Gasteiger partial charge in [0.05, 0.1) is 5.52 Å².